The Labute approximate surface area is 216 Å². The number of carboxylic acids is 1. The number of aliphatic carboxylic acids is 1. The number of carbonyl (C=O) groups excluding carboxylic acids is 2. The maximum atomic E-state index is 13.1. The van der Waals surface area contributed by atoms with Gasteiger partial charge < -0.3 is 21.0 Å². The van der Waals surface area contributed by atoms with E-state index in [1.165, 1.54) is 22.0 Å². The van der Waals surface area contributed by atoms with Gasteiger partial charge in [0.25, 0.3) is 11.8 Å². The lowest BCUT2D eigenvalue weighted by atomic mass is 10.0. The minimum absolute atomic E-state index is 0.0692. The highest BCUT2D eigenvalue weighted by Gasteiger charge is 2.54. The Kier molecular flexibility index (Phi) is 6.78. The quantitative estimate of drug-likeness (QED) is 0.110. The predicted octanol–water partition coefficient (Wildman–Crippen LogP) is -1.11. The number of nitrogen functional groups attached to an aromatic ring is 1. The molecule has 0 aromatic carbocycles. The molecule has 3 aromatic rings. The summed E-state index contributed by atoms with van der Waals surface area (Å²) in [6, 6.07) is 4.56. The van der Waals surface area contributed by atoms with Gasteiger partial charge in [0.05, 0.1) is 0 Å². The van der Waals surface area contributed by atoms with Crippen LogP contribution < -0.4 is 15.6 Å². The Hall–Kier alpha value is -4.38. The van der Waals surface area contributed by atoms with E-state index in [-0.39, 0.29) is 34.7 Å². The lowest BCUT2D eigenvalue weighted by molar-refractivity contribution is -0.689. The second-order valence-corrected chi connectivity index (χ2v) is 9.77. The van der Waals surface area contributed by atoms with Crippen molar-refractivity contribution in [1.82, 2.24) is 35.8 Å². The molecule has 0 aliphatic carbocycles. The first-order valence-corrected chi connectivity index (χ1v) is 12.6. The fourth-order valence-electron chi connectivity index (χ4n) is 3.77. The smallest absolute Gasteiger partial charge is 0.352 e. The third kappa shape index (κ3) is 4.98. The largest absolute Gasteiger partial charge is 0.477 e. The molecule has 5 heterocycles. The number of nitrogens with two attached hydrogens (primary N) is 1. The minimum atomic E-state index is -1.20. The van der Waals surface area contributed by atoms with E-state index in [1.54, 1.807) is 0 Å². The Morgan fingerprint density at radius 2 is 2.16 bits per heavy atom. The van der Waals surface area contributed by atoms with E-state index in [0.29, 0.717) is 17.9 Å². The number of anilines is 1. The number of amides is 2. The van der Waals surface area contributed by atoms with Crippen LogP contribution in [-0.4, -0.2) is 76.3 Å². The molecule has 17 heteroatoms. The monoisotopic (exact) mass is 543 g/mol. The van der Waals surface area contributed by atoms with E-state index in [4.69, 9.17) is 10.6 Å². The molecule has 15 nitrogen and oxygen atoms in total. The molecule has 1 saturated heterocycles. The Morgan fingerprint density at radius 3 is 2.84 bits per heavy atom. The lowest BCUT2D eigenvalue weighted by Gasteiger charge is -2.49. The molecule has 190 valence electrons. The van der Waals surface area contributed by atoms with E-state index in [2.05, 4.69) is 36.1 Å². The first-order valence-electron chi connectivity index (χ1n) is 10.7. The average molecular weight is 544 g/mol. The van der Waals surface area contributed by atoms with Crippen molar-refractivity contribution in [2.45, 2.75) is 24.6 Å². The van der Waals surface area contributed by atoms with E-state index in [1.807, 2.05) is 35.2 Å². The molecule has 2 aliphatic rings. The number of hydrogen-bond donors (Lipinski definition) is 4. The molecular formula is C20H19N10O5S2+. The number of nitrogens with one attached hydrogen (secondary N) is 2. The second kappa shape index (κ2) is 10.3. The fourth-order valence-corrected chi connectivity index (χ4v) is 5.66. The summed E-state index contributed by atoms with van der Waals surface area (Å²) in [6.07, 6.45) is 3.63. The van der Waals surface area contributed by atoms with Gasteiger partial charge in [0.2, 0.25) is 5.82 Å². The van der Waals surface area contributed by atoms with Crippen LogP contribution in [0.1, 0.15) is 11.5 Å². The number of aromatic nitrogens is 6. The highest BCUT2D eigenvalue weighted by molar-refractivity contribution is 8.00. The molecule has 0 spiro atoms. The zero-order valence-electron chi connectivity index (χ0n) is 18.8. The molecule has 2 atom stereocenters. The Morgan fingerprint density at radius 1 is 1.35 bits per heavy atom. The Bertz CT molecular complexity index is 1390. The number of nitrogens with zero attached hydrogens (tertiary/aromatic N) is 7. The summed E-state index contributed by atoms with van der Waals surface area (Å²) >= 11 is 2.47. The lowest BCUT2D eigenvalue weighted by Crippen LogP contribution is -2.71. The summed E-state index contributed by atoms with van der Waals surface area (Å²) < 4.78 is 1.83. The number of oxime groups is 1. The molecule has 0 radical (unpaired) electrons. The number of H-pyrrole nitrogens is 1. The summed E-state index contributed by atoms with van der Waals surface area (Å²) in [5.41, 5.74) is 6.17. The number of thiazole rings is 1. The van der Waals surface area contributed by atoms with Crippen LogP contribution in [0.3, 0.4) is 0 Å². The van der Waals surface area contributed by atoms with Crippen molar-refractivity contribution in [3.63, 3.8) is 0 Å². The SMILES string of the molecule is Nc1nc(C(=NOCc2nn[nH]n2)C(=O)N[C@@H]2C(=O)N3C(C(=O)O)=C(C[n+]4ccccc4)CS[C@@H]23)cs1. The molecule has 0 unspecified atom stereocenters. The topological polar surface area (TPSA) is 206 Å². The number of aromatic amines is 1. The molecule has 1 fully saturated rings. The van der Waals surface area contributed by atoms with E-state index in [9.17, 15) is 19.5 Å². The van der Waals surface area contributed by atoms with Gasteiger partial charge in [-0.05, 0) is 0 Å². The van der Waals surface area contributed by atoms with Crippen LogP contribution in [-0.2, 0) is 32.4 Å². The summed E-state index contributed by atoms with van der Waals surface area (Å²) in [5, 5.41) is 30.7. The van der Waals surface area contributed by atoms with Crippen molar-refractivity contribution < 1.29 is 28.9 Å². The van der Waals surface area contributed by atoms with Crippen molar-refractivity contribution in [1.29, 1.82) is 0 Å². The van der Waals surface area contributed by atoms with Gasteiger partial charge in [-0.25, -0.2) is 14.3 Å². The van der Waals surface area contributed by atoms with Crippen molar-refractivity contribution in [2.75, 3.05) is 11.5 Å². The van der Waals surface area contributed by atoms with Gasteiger partial charge in [-0.15, -0.1) is 33.3 Å². The van der Waals surface area contributed by atoms with Crippen LogP contribution >= 0.6 is 23.1 Å². The highest BCUT2D eigenvalue weighted by atomic mass is 32.2. The van der Waals surface area contributed by atoms with Crippen LogP contribution in [0.25, 0.3) is 0 Å². The molecular weight excluding hydrogens is 524 g/mol. The summed E-state index contributed by atoms with van der Waals surface area (Å²) in [5.74, 6) is -1.89. The molecule has 5 N–H and O–H groups in total. The molecule has 37 heavy (non-hydrogen) atoms. The summed E-state index contributed by atoms with van der Waals surface area (Å²) in [4.78, 5) is 48.7. The van der Waals surface area contributed by atoms with Crippen LogP contribution in [0.2, 0.25) is 0 Å². The second-order valence-electron chi connectivity index (χ2n) is 7.78. The molecule has 0 saturated carbocycles. The molecule has 2 amide bonds. The maximum absolute atomic E-state index is 13.1. The van der Waals surface area contributed by atoms with Gasteiger partial charge in [-0.3, -0.25) is 14.5 Å². The van der Waals surface area contributed by atoms with Gasteiger partial charge >= 0.3 is 5.97 Å². The number of fused-ring (bicyclic) bond motifs is 1. The van der Waals surface area contributed by atoms with Gasteiger partial charge in [-0.2, -0.15) is 5.21 Å². The Balaban J connectivity index is 1.32. The van der Waals surface area contributed by atoms with Gasteiger partial charge in [0.1, 0.15) is 22.8 Å². The normalized spacial score (nSPS) is 19.3. The van der Waals surface area contributed by atoms with Crippen molar-refractivity contribution >= 4 is 51.7 Å². The number of β-lactam (4-membered cyclic amide) rings is 1. The van der Waals surface area contributed by atoms with Crippen LogP contribution in [0.5, 0.6) is 0 Å². The zero-order valence-corrected chi connectivity index (χ0v) is 20.5. The van der Waals surface area contributed by atoms with Crippen LogP contribution in [0, 0.1) is 0 Å². The summed E-state index contributed by atoms with van der Waals surface area (Å²) in [7, 11) is 0. The van der Waals surface area contributed by atoms with Crippen LogP contribution in [0.15, 0.2) is 52.4 Å². The molecule has 2 aliphatic heterocycles. The fraction of sp³-hybridized carbons (Fsp3) is 0.250. The third-order valence-corrected chi connectivity index (χ3v) is 7.42. The highest BCUT2D eigenvalue weighted by Crippen LogP contribution is 2.40. The number of hydrogen-bond acceptors (Lipinski definition) is 12. The third-order valence-electron chi connectivity index (χ3n) is 5.41. The number of tetrazole rings is 1. The number of carbonyl (C=O) groups is 3. The first-order chi connectivity index (χ1) is 17.9. The van der Waals surface area contributed by atoms with Crippen molar-refractivity contribution in [3.8, 4) is 0 Å². The van der Waals surface area contributed by atoms with Crippen molar-refractivity contribution in [3.05, 3.63) is 58.8 Å². The number of rotatable bonds is 9. The molecule has 3 aromatic heterocycles. The van der Waals surface area contributed by atoms with Crippen molar-refractivity contribution in [2.24, 2.45) is 5.16 Å². The van der Waals surface area contributed by atoms with E-state index >= 15 is 0 Å². The molecule has 5 rings (SSSR count). The standard InChI is InChI=1S/C20H18N10O5S2/c21-20-22-11(9-37-20)13(26-35-7-12-24-27-28-25-12)16(31)23-14-17(32)30-15(19(33)34)10(8-36-18(14)30)6-29-4-2-1-3-5-29/h1-5,9,14,18H,6-8H2,(H4-,21,22,23,24,25,27,28,31,33,34)/p+1/t14-,18+/m1/s1. The van der Waals surface area contributed by atoms with E-state index < -0.39 is 29.2 Å². The minimum Gasteiger partial charge on any atom is -0.477 e. The van der Waals surface area contributed by atoms with Gasteiger partial charge in [-0.1, -0.05) is 16.4 Å². The number of pyridine rings is 1. The predicted molar refractivity (Wildman–Crippen MR) is 128 cm³/mol. The maximum Gasteiger partial charge on any atom is 0.352 e. The van der Waals surface area contributed by atoms with Gasteiger partial charge in [0.15, 0.2) is 36.4 Å². The average Bonchev–Trinajstić information content (AvgIpc) is 3.57. The zero-order chi connectivity index (χ0) is 25.9. The number of thioether (sulfide) groups is 1. The number of carboxylic acid groups (broad SMARTS) is 1. The summed E-state index contributed by atoms with van der Waals surface area (Å²) in [6.45, 7) is 0.152. The first kappa shape index (κ1) is 24.3. The van der Waals surface area contributed by atoms with E-state index in [0.717, 1.165) is 11.3 Å². The van der Waals surface area contributed by atoms with Crippen LogP contribution in [0.4, 0.5) is 5.13 Å². The molecule has 0 bridgehead atoms. The van der Waals surface area contributed by atoms with Gasteiger partial charge in [0, 0.05) is 28.8 Å².